The van der Waals surface area contributed by atoms with Crippen LogP contribution < -0.4 is 0 Å². The van der Waals surface area contributed by atoms with Crippen LogP contribution in [0.1, 0.15) is 15.9 Å². The number of nitrogens with zero attached hydrogens (tertiary/aromatic N) is 1. The van der Waals surface area contributed by atoms with E-state index in [1.54, 1.807) is 0 Å². The third-order valence-corrected chi connectivity index (χ3v) is 2.86. The van der Waals surface area contributed by atoms with Crippen LogP contribution >= 0.6 is 23.2 Å². The van der Waals surface area contributed by atoms with Gasteiger partial charge in [-0.3, -0.25) is 4.79 Å². The van der Waals surface area contributed by atoms with E-state index >= 15 is 0 Å². The van der Waals surface area contributed by atoms with Crippen LogP contribution in [0.4, 0.5) is 17.6 Å². The van der Waals surface area contributed by atoms with Gasteiger partial charge in [0, 0.05) is 24.8 Å². The molecule has 1 aromatic carbocycles. The molecule has 0 aliphatic heterocycles. The Kier molecular flexibility index (Phi) is 6.07. The van der Waals surface area contributed by atoms with E-state index in [1.807, 2.05) is 0 Å². The Morgan fingerprint density at radius 1 is 1.15 bits per heavy atom. The lowest BCUT2D eigenvalue weighted by Crippen LogP contribution is -2.35. The molecule has 1 amide bonds. The molecule has 0 bridgehead atoms. The molecule has 112 valence electrons. The number of benzene rings is 1. The molecular weight excluding hydrogens is 321 g/mol. The summed E-state index contributed by atoms with van der Waals surface area (Å²) >= 11 is 11.0. The number of hydrogen-bond donors (Lipinski definition) is 0. The minimum atomic E-state index is -4.65. The minimum Gasteiger partial charge on any atom is -0.336 e. The van der Waals surface area contributed by atoms with Gasteiger partial charge in [-0.05, 0) is 18.2 Å². The first kappa shape index (κ1) is 17.0. The molecule has 1 aromatic rings. The van der Waals surface area contributed by atoms with Crippen molar-refractivity contribution in [2.45, 2.75) is 6.18 Å². The maximum atomic E-state index is 13.6. The normalized spacial score (nSPS) is 11.5. The van der Waals surface area contributed by atoms with Crippen molar-refractivity contribution in [2.24, 2.45) is 0 Å². The minimum absolute atomic E-state index is 0.0722. The third-order valence-electron chi connectivity index (χ3n) is 2.52. The molecule has 8 heteroatoms. The van der Waals surface area contributed by atoms with E-state index in [-0.39, 0.29) is 24.8 Å². The molecule has 0 fully saturated rings. The number of rotatable bonds is 5. The van der Waals surface area contributed by atoms with E-state index in [9.17, 15) is 22.4 Å². The van der Waals surface area contributed by atoms with Crippen molar-refractivity contribution in [3.05, 3.63) is 35.1 Å². The first-order chi connectivity index (χ1) is 9.31. The van der Waals surface area contributed by atoms with E-state index in [4.69, 9.17) is 23.2 Å². The first-order valence-electron chi connectivity index (χ1n) is 5.59. The maximum Gasteiger partial charge on any atom is 0.416 e. The van der Waals surface area contributed by atoms with Crippen LogP contribution in [0.3, 0.4) is 0 Å². The van der Waals surface area contributed by atoms with Crippen LogP contribution in [0.25, 0.3) is 0 Å². The molecule has 0 aliphatic carbocycles. The molecule has 0 heterocycles. The lowest BCUT2D eigenvalue weighted by Gasteiger charge is -2.21. The first-order valence-corrected chi connectivity index (χ1v) is 6.66. The summed E-state index contributed by atoms with van der Waals surface area (Å²) in [5.41, 5.74) is -1.73. The maximum absolute atomic E-state index is 13.6. The predicted octanol–water partition coefficient (Wildman–Crippen LogP) is 3.76. The Hall–Kier alpha value is -1.01. The number of hydrogen-bond acceptors (Lipinski definition) is 1. The van der Waals surface area contributed by atoms with Crippen molar-refractivity contribution in [3.63, 3.8) is 0 Å². The smallest absolute Gasteiger partial charge is 0.336 e. The zero-order valence-corrected chi connectivity index (χ0v) is 11.7. The molecular formula is C12H11Cl2F4NO. The second-order valence-corrected chi connectivity index (χ2v) is 4.62. The Morgan fingerprint density at radius 2 is 1.70 bits per heavy atom. The molecule has 0 aromatic heterocycles. The average Bonchev–Trinajstić information content (AvgIpc) is 2.37. The van der Waals surface area contributed by atoms with Crippen molar-refractivity contribution >= 4 is 29.1 Å². The molecule has 1 rings (SSSR count). The standard InChI is InChI=1S/C12H11Cl2F4NO/c13-3-5-19(6-4-14)11(20)9-7-8(12(16,17)18)1-2-10(9)15/h1-2,7H,3-6H2. The fourth-order valence-electron chi connectivity index (χ4n) is 1.55. The molecule has 20 heavy (non-hydrogen) atoms. The SMILES string of the molecule is O=C(c1cc(C(F)(F)F)ccc1F)N(CCCl)CCCl. The highest BCUT2D eigenvalue weighted by Gasteiger charge is 2.32. The van der Waals surface area contributed by atoms with Gasteiger partial charge >= 0.3 is 6.18 Å². The van der Waals surface area contributed by atoms with Gasteiger partial charge in [-0.15, -0.1) is 23.2 Å². The fourth-order valence-corrected chi connectivity index (χ4v) is 1.96. The summed E-state index contributed by atoms with van der Waals surface area (Å²) in [4.78, 5) is 13.1. The lowest BCUT2D eigenvalue weighted by molar-refractivity contribution is -0.137. The van der Waals surface area contributed by atoms with Crippen LogP contribution in [0.5, 0.6) is 0 Å². The summed E-state index contributed by atoms with van der Waals surface area (Å²) in [7, 11) is 0. The second-order valence-electron chi connectivity index (χ2n) is 3.86. The predicted molar refractivity (Wildman–Crippen MR) is 68.7 cm³/mol. The number of amides is 1. The largest absolute Gasteiger partial charge is 0.416 e. The highest BCUT2D eigenvalue weighted by atomic mass is 35.5. The van der Waals surface area contributed by atoms with Gasteiger partial charge in [0.15, 0.2) is 0 Å². The van der Waals surface area contributed by atoms with E-state index < -0.39 is 29.0 Å². The van der Waals surface area contributed by atoms with Crippen molar-refractivity contribution in [1.82, 2.24) is 4.90 Å². The van der Waals surface area contributed by atoms with Crippen molar-refractivity contribution in [2.75, 3.05) is 24.8 Å². The lowest BCUT2D eigenvalue weighted by atomic mass is 10.1. The van der Waals surface area contributed by atoms with Gasteiger partial charge in [-0.25, -0.2) is 4.39 Å². The van der Waals surface area contributed by atoms with Crippen LogP contribution in [0, 0.1) is 5.82 Å². The quantitative estimate of drug-likeness (QED) is 0.594. The number of carbonyl (C=O) groups is 1. The van der Waals surface area contributed by atoms with Gasteiger partial charge in [0.2, 0.25) is 0 Å². The molecule has 0 spiro atoms. The third kappa shape index (κ3) is 4.24. The van der Waals surface area contributed by atoms with Crippen LogP contribution in [-0.2, 0) is 6.18 Å². The van der Waals surface area contributed by atoms with Crippen molar-refractivity contribution < 1.29 is 22.4 Å². The number of halogens is 6. The molecule has 0 saturated heterocycles. The molecule has 0 radical (unpaired) electrons. The van der Waals surface area contributed by atoms with E-state index in [0.29, 0.717) is 18.2 Å². The fraction of sp³-hybridized carbons (Fsp3) is 0.417. The molecule has 0 atom stereocenters. The summed E-state index contributed by atoms with van der Waals surface area (Å²) < 4.78 is 51.3. The summed E-state index contributed by atoms with van der Waals surface area (Å²) in [5, 5.41) is 0. The van der Waals surface area contributed by atoms with Crippen LogP contribution in [0.15, 0.2) is 18.2 Å². The summed E-state index contributed by atoms with van der Waals surface area (Å²) in [6.07, 6.45) is -4.65. The second kappa shape index (κ2) is 7.13. The molecule has 0 aliphatic rings. The van der Waals surface area contributed by atoms with Gasteiger partial charge in [0.1, 0.15) is 5.82 Å². The molecule has 0 saturated carbocycles. The van der Waals surface area contributed by atoms with Gasteiger partial charge in [-0.1, -0.05) is 0 Å². The monoisotopic (exact) mass is 331 g/mol. The van der Waals surface area contributed by atoms with Crippen LogP contribution in [-0.4, -0.2) is 35.7 Å². The van der Waals surface area contributed by atoms with Gasteiger partial charge in [0.25, 0.3) is 5.91 Å². The van der Waals surface area contributed by atoms with E-state index in [0.717, 1.165) is 4.90 Å². The van der Waals surface area contributed by atoms with Gasteiger partial charge in [-0.2, -0.15) is 13.2 Å². The van der Waals surface area contributed by atoms with Crippen LogP contribution in [0.2, 0.25) is 0 Å². The van der Waals surface area contributed by atoms with Gasteiger partial charge in [0.05, 0.1) is 11.1 Å². The van der Waals surface area contributed by atoms with E-state index in [2.05, 4.69) is 0 Å². The molecule has 0 unspecified atom stereocenters. The zero-order valence-electron chi connectivity index (χ0n) is 10.2. The van der Waals surface area contributed by atoms with Crippen molar-refractivity contribution in [3.8, 4) is 0 Å². The van der Waals surface area contributed by atoms with E-state index in [1.165, 1.54) is 0 Å². The Labute approximate surface area is 123 Å². The van der Waals surface area contributed by atoms with Gasteiger partial charge < -0.3 is 4.90 Å². The Bertz CT molecular complexity index is 473. The van der Waals surface area contributed by atoms with Crippen molar-refractivity contribution in [1.29, 1.82) is 0 Å². The highest BCUT2D eigenvalue weighted by molar-refractivity contribution is 6.18. The summed E-state index contributed by atoms with van der Waals surface area (Å²) in [6, 6.07) is 1.70. The Morgan fingerprint density at radius 3 is 2.15 bits per heavy atom. The average molecular weight is 332 g/mol. The molecule has 0 N–H and O–H groups in total. The highest BCUT2D eigenvalue weighted by Crippen LogP contribution is 2.30. The topological polar surface area (TPSA) is 20.3 Å². The number of carbonyl (C=O) groups excluding carboxylic acids is 1. The zero-order chi connectivity index (χ0) is 15.3. The Balaban J connectivity index is 3.13. The number of alkyl halides is 5. The summed E-state index contributed by atoms with van der Waals surface area (Å²) in [6.45, 7) is 0.144. The molecule has 2 nitrogen and oxygen atoms in total. The summed E-state index contributed by atoms with van der Waals surface area (Å²) in [5.74, 6) is -1.74.